The number of esters is 1. The van der Waals surface area contributed by atoms with E-state index in [0.717, 1.165) is 0 Å². The van der Waals surface area contributed by atoms with E-state index in [-0.39, 0.29) is 13.0 Å². The molecule has 0 aromatic carbocycles. The first-order valence-electron chi connectivity index (χ1n) is 3.53. The zero-order valence-corrected chi connectivity index (χ0v) is 6.69. The van der Waals surface area contributed by atoms with E-state index in [9.17, 15) is 9.18 Å². The maximum atomic E-state index is 12.6. The summed E-state index contributed by atoms with van der Waals surface area (Å²) in [6, 6.07) is 0. The van der Waals surface area contributed by atoms with Crippen molar-refractivity contribution in [2.24, 2.45) is 0 Å². The third-order valence-corrected chi connectivity index (χ3v) is 1.17. The number of hydrogen-bond acceptors (Lipinski definition) is 3. The van der Waals surface area contributed by atoms with E-state index < -0.39 is 17.9 Å². The van der Waals surface area contributed by atoms with E-state index >= 15 is 0 Å². The smallest absolute Gasteiger partial charge is 0.355 e. The molecule has 1 N–H and O–H groups in total. The second-order valence-electron chi connectivity index (χ2n) is 2.01. The summed E-state index contributed by atoms with van der Waals surface area (Å²) in [6.07, 6.45) is -1.36. The summed E-state index contributed by atoms with van der Waals surface area (Å²) in [6.45, 7) is 3.36. The molecule has 0 fully saturated rings. The molecule has 0 aliphatic heterocycles. The van der Waals surface area contributed by atoms with Crippen LogP contribution in [-0.4, -0.2) is 24.5 Å². The van der Waals surface area contributed by atoms with Crippen molar-refractivity contribution in [3.63, 3.8) is 0 Å². The average molecular weight is 161 g/mol. The van der Waals surface area contributed by atoms with Crippen molar-refractivity contribution in [2.75, 3.05) is 6.61 Å². The van der Waals surface area contributed by atoms with Gasteiger partial charge in [0, 0.05) is 0 Å². The Balaban J connectivity index is 3.92. The summed E-state index contributed by atoms with van der Waals surface area (Å²) >= 11 is 0. The number of hydrogen-bond donors (Lipinski definition) is 1. The van der Waals surface area contributed by atoms with Gasteiger partial charge >= 0.3 is 5.97 Å². The number of carbonyl (C=O) groups is 1. The lowest BCUT2D eigenvalue weighted by molar-refractivity contribution is -0.135. The van der Waals surface area contributed by atoms with Crippen LogP contribution in [0, 0.1) is 5.41 Å². The topological polar surface area (TPSA) is 50.2 Å². The predicted molar refractivity (Wildman–Crippen MR) is 39.5 cm³/mol. The fourth-order valence-corrected chi connectivity index (χ4v) is 0.541. The molecule has 4 heteroatoms. The fourth-order valence-electron chi connectivity index (χ4n) is 0.541. The van der Waals surface area contributed by atoms with Gasteiger partial charge in [0.15, 0.2) is 5.71 Å². The molecule has 0 amide bonds. The van der Waals surface area contributed by atoms with Gasteiger partial charge in [0.05, 0.1) is 6.61 Å². The van der Waals surface area contributed by atoms with Crippen LogP contribution in [0.4, 0.5) is 4.39 Å². The summed E-state index contributed by atoms with van der Waals surface area (Å²) in [5.74, 6) is -0.859. The normalized spacial score (nSPS) is 12.3. The van der Waals surface area contributed by atoms with Crippen LogP contribution in [0.2, 0.25) is 0 Å². The van der Waals surface area contributed by atoms with Crippen molar-refractivity contribution >= 4 is 11.7 Å². The Morgan fingerprint density at radius 1 is 1.64 bits per heavy atom. The zero-order chi connectivity index (χ0) is 8.85. The first-order valence-corrected chi connectivity index (χ1v) is 3.53. The minimum absolute atomic E-state index is 0.137. The van der Waals surface area contributed by atoms with E-state index in [1.807, 2.05) is 0 Å². The summed E-state index contributed by atoms with van der Waals surface area (Å²) in [4.78, 5) is 10.7. The molecule has 0 aromatic heterocycles. The summed E-state index contributed by atoms with van der Waals surface area (Å²) in [5.41, 5.74) is -0.589. The molecular weight excluding hydrogens is 149 g/mol. The first-order chi connectivity index (χ1) is 5.13. The number of halogens is 1. The number of alkyl halides is 1. The summed E-state index contributed by atoms with van der Waals surface area (Å²) in [7, 11) is 0. The van der Waals surface area contributed by atoms with Crippen LogP contribution in [0.3, 0.4) is 0 Å². The lowest BCUT2D eigenvalue weighted by Gasteiger charge is -2.05. The Bertz CT molecular complexity index is 159. The van der Waals surface area contributed by atoms with Gasteiger partial charge in [0.1, 0.15) is 6.17 Å². The van der Waals surface area contributed by atoms with Crippen molar-refractivity contribution in [3.05, 3.63) is 0 Å². The van der Waals surface area contributed by atoms with Gasteiger partial charge in [0.2, 0.25) is 0 Å². The van der Waals surface area contributed by atoms with Gasteiger partial charge in [0.25, 0.3) is 0 Å². The van der Waals surface area contributed by atoms with E-state index in [4.69, 9.17) is 5.41 Å². The minimum Gasteiger partial charge on any atom is -0.461 e. The molecule has 11 heavy (non-hydrogen) atoms. The van der Waals surface area contributed by atoms with Crippen LogP contribution >= 0.6 is 0 Å². The number of rotatable bonds is 4. The molecule has 0 aromatic rings. The number of carbonyl (C=O) groups excluding carboxylic acids is 1. The molecule has 0 saturated carbocycles. The highest BCUT2D eigenvalue weighted by atomic mass is 19.1. The minimum atomic E-state index is -1.49. The highest BCUT2D eigenvalue weighted by Crippen LogP contribution is 2.00. The van der Waals surface area contributed by atoms with Gasteiger partial charge in [-0.3, -0.25) is 5.41 Å². The Morgan fingerprint density at radius 2 is 2.18 bits per heavy atom. The molecule has 0 aliphatic rings. The Morgan fingerprint density at radius 3 is 2.55 bits per heavy atom. The molecule has 64 valence electrons. The lowest BCUT2D eigenvalue weighted by Crippen LogP contribution is -2.25. The average Bonchev–Trinajstić information content (AvgIpc) is 2.02. The summed E-state index contributed by atoms with van der Waals surface area (Å²) < 4.78 is 17.0. The molecule has 0 rings (SSSR count). The van der Waals surface area contributed by atoms with Crippen molar-refractivity contribution < 1.29 is 13.9 Å². The quantitative estimate of drug-likeness (QED) is 0.499. The lowest BCUT2D eigenvalue weighted by atomic mass is 10.2. The largest absolute Gasteiger partial charge is 0.461 e. The van der Waals surface area contributed by atoms with Crippen molar-refractivity contribution in [2.45, 2.75) is 26.4 Å². The van der Waals surface area contributed by atoms with Crippen LogP contribution in [0.5, 0.6) is 0 Å². The van der Waals surface area contributed by atoms with Gasteiger partial charge in [-0.2, -0.15) is 0 Å². The molecule has 0 bridgehead atoms. The first kappa shape index (κ1) is 10.1. The van der Waals surface area contributed by atoms with Crippen molar-refractivity contribution in [1.82, 2.24) is 0 Å². The maximum absolute atomic E-state index is 12.6. The zero-order valence-electron chi connectivity index (χ0n) is 6.69. The molecule has 1 unspecified atom stereocenters. The Hall–Kier alpha value is -0.930. The van der Waals surface area contributed by atoms with Crippen LogP contribution in [0.1, 0.15) is 20.3 Å². The number of ether oxygens (including phenoxy) is 1. The molecule has 0 saturated heterocycles. The molecule has 1 atom stereocenters. The van der Waals surface area contributed by atoms with E-state index in [0.29, 0.717) is 0 Å². The monoisotopic (exact) mass is 161 g/mol. The molecular formula is C7H12FNO2. The van der Waals surface area contributed by atoms with Crippen LogP contribution < -0.4 is 0 Å². The summed E-state index contributed by atoms with van der Waals surface area (Å²) in [5, 5.41) is 6.95. The fraction of sp³-hybridized carbons (Fsp3) is 0.714. The highest BCUT2D eigenvalue weighted by molar-refractivity contribution is 6.36. The van der Waals surface area contributed by atoms with Gasteiger partial charge < -0.3 is 4.74 Å². The third-order valence-electron chi connectivity index (χ3n) is 1.17. The van der Waals surface area contributed by atoms with E-state index in [2.05, 4.69) is 4.74 Å². The third kappa shape index (κ3) is 3.11. The van der Waals surface area contributed by atoms with Gasteiger partial charge in [-0.15, -0.1) is 0 Å². The van der Waals surface area contributed by atoms with Gasteiger partial charge in [-0.05, 0) is 13.3 Å². The molecule has 0 heterocycles. The Kier molecular flexibility index (Phi) is 4.41. The number of nitrogens with one attached hydrogen (secondary N) is 1. The second-order valence-corrected chi connectivity index (χ2v) is 2.01. The van der Waals surface area contributed by atoms with Gasteiger partial charge in [-0.1, -0.05) is 6.92 Å². The van der Waals surface area contributed by atoms with Crippen molar-refractivity contribution in [3.8, 4) is 0 Å². The van der Waals surface area contributed by atoms with Crippen LogP contribution in [-0.2, 0) is 9.53 Å². The molecule has 0 radical (unpaired) electrons. The van der Waals surface area contributed by atoms with E-state index in [1.54, 1.807) is 13.8 Å². The molecule has 0 aliphatic carbocycles. The second kappa shape index (κ2) is 4.82. The molecule has 3 nitrogen and oxygen atoms in total. The Labute approximate surface area is 65.1 Å². The highest BCUT2D eigenvalue weighted by Gasteiger charge is 2.19. The standard InChI is InChI=1S/C7H12FNO2/c1-3-5(8)6(9)7(10)11-4-2/h5,9H,3-4H2,1-2H3. The van der Waals surface area contributed by atoms with Crippen LogP contribution in [0.15, 0.2) is 0 Å². The SMILES string of the molecule is CCOC(=O)C(=N)C(F)CC. The molecule has 0 spiro atoms. The van der Waals surface area contributed by atoms with Crippen LogP contribution in [0.25, 0.3) is 0 Å². The maximum Gasteiger partial charge on any atom is 0.355 e. The van der Waals surface area contributed by atoms with E-state index in [1.165, 1.54) is 0 Å². The predicted octanol–water partition coefficient (Wildman–Crippen LogP) is 1.32. The van der Waals surface area contributed by atoms with Crippen molar-refractivity contribution in [1.29, 1.82) is 5.41 Å². The van der Waals surface area contributed by atoms with Gasteiger partial charge in [-0.25, -0.2) is 9.18 Å².